The van der Waals surface area contributed by atoms with Crippen LogP contribution >= 0.6 is 0 Å². The molecule has 2 heterocycles. The van der Waals surface area contributed by atoms with Gasteiger partial charge in [-0.15, -0.1) is 0 Å². The Morgan fingerprint density at radius 3 is 2.23 bits per heavy atom. The molecule has 8 nitrogen and oxygen atoms in total. The van der Waals surface area contributed by atoms with Crippen LogP contribution in [0.5, 0.6) is 0 Å². The molecule has 3 rings (SSSR count). The second-order valence-electron chi connectivity index (χ2n) is 8.98. The molecule has 160 valence electrons. The Balaban J connectivity index is 1.90. The first kappa shape index (κ1) is 21.8. The van der Waals surface area contributed by atoms with Gasteiger partial charge in [0.15, 0.2) is 11.5 Å². The Morgan fingerprint density at radius 2 is 1.67 bits per heavy atom. The molecule has 0 fully saturated rings. The lowest BCUT2D eigenvalue weighted by Crippen LogP contribution is -2.27. The van der Waals surface area contributed by atoms with Crippen molar-refractivity contribution in [2.75, 3.05) is 5.32 Å². The first-order valence-electron chi connectivity index (χ1n) is 9.48. The zero-order valence-electron chi connectivity index (χ0n) is 17.9. The maximum atomic E-state index is 13.1. The Kier molecular flexibility index (Phi) is 5.36. The predicted molar refractivity (Wildman–Crippen MR) is 115 cm³/mol. The van der Waals surface area contributed by atoms with Crippen LogP contribution in [0.25, 0.3) is 11.2 Å². The fraction of sp³-hybridized carbons (Fsp3) is 0.381. The van der Waals surface area contributed by atoms with Crippen LogP contribution in [0.3, 0.4) is 0 Å². The summed E-state index contributed by atoms with van der Waals surface area (Å²) < 4.78 is 32.5. The molecule has 1 amide bonds. The number of carbonyl (C=O) groups excluding carboxylic acids is 1. The minimum atomic E-state index is -3.84. The van der Waals surface area contributed by atoms with Crippen LogP contribution in [-0.2, 0) is 20.2 Å². The number of hydrogen-bond donors (Lipinski definition) is 1. The quantitative estimate of drug-likeness (QED) is 0.664. The highest BCUT2D eigenvalue weighted by atomic mass is 32.2. The number of carbonyl (C=O) groups is 1. The zero-order chi connectivity index (χ0) is 22.3. The summed E-state index contributed by atoms with van der Waals surface area (Å²) in [5, 5.41) is 2.50. The summed E-state index contributed by atoms with van der Waals surface area (Å²) in [7, 11) is -3.84. The Hall–Kier alpha value is -2.94. The van der Waals surface area contributed by atoms with Gasteiger partial charge in [0.05, 0.1) is 11.1 Å². The van der Waals surface area contributed by atoms with Gasteiger partial charge in [-0.1, -0.05) is 32.9 Å². The molecule has 0 spiro atoms. The van der Waals surface area contributed by atoms with Gasteiger partial charge < -0.3 is 4.74 Å². The van der Waals surface area contributed by atoms with E-state index in [0.29, 0.717) is 5.52 Å². The van der Waals surface area contributed by atoms with Crippen molar-refractivity contribution in [3.8, 4) is 0 Å². The van der Waals surface area contributed by atoms with Gasteiger partial charge >= 0.3 is 6.09 Å². The highest BCUT2D eigenvalue weighted by Crippen LogP contribution is 2.25. The first-order chi connectivity index (χ1) is 13.8. The minimum Gasteiger partial charge on any atom is -0.444 e. The van der Waals surface area contributed by atoms with Crippen molar-refractivity contribution in [3.05, 3.63) is 48.3 Å². The van der Waals surface area contributed by atoms with E-state index in [2.05, 4.69) is 36.1 Å². The van der Waals surface area contributed by atoms with Crippen LogP contribution in [-0.4, -0.2) is 34.1 Å². The Labute approximate surface area is 176 Å². The maximum Gasteiger partial charge on any atom is 0.413 e. The summed E-state index contributed by atoms with van der Waals surface area (Å²) in [4.78, 5) is 20.5. The number of aromatic nitrogens is 3. The third-order valence-corrected chi connectivity index (χ3v) is 5.94. The molecule has 3 aromatic rings. The Morgan fingerprint density at radius 1 is 1.03 bits per heavy atom. The molecule has 1 N–H and O–H groups in total. The highest BCUT2D eigenvalue weighted by Gasteiger charge is 2.22. The second-order valence-corrected chi connectivity index (χ2v) is 10.8. The van der Waals surface area contributed by atoms with Crippen LogP contribution in [0, 0.1) is 0 Å². The monoisotopic (exact) mass is 430 g/mol. The van der Waals surface area contributed by atoms with E-state index in [0.717, 1.165) is 9.54 Å². The minimum absolute atomic E-state index is 0.0779. The van der Waals surface area contributed by atoms with Crippen molar-refractivity contribution >= 4 is 33.1 Å². The van der Waals surface area contributed by atoms with Gasteiger partial charge in [-0.2, -0.15) is 0 Å². The van der Waals surface area contributed by atoms with E-state index in [9.17, 15) is 13.2 Å². The fourth-order valence-electron chi connectivity index (χ4n) is 2.79. The van der Waals surface area contributed by atoms with Crippen LogP contribution < -0.4 is 5.32 Å². The maximum absolute atomic E-state index is 13.1. The van der Waals surface area contributed by atoms with Crippen molar-refractivity contribution in [3.63, 3.8) is 0 Å². The molecule has 1 aromatic carbocycles. The summed E-state index contributed by atoms with van der Waals surface area (Å²) in [5.74, 6) is 0.168. The van der Waals surface area contributed by atoms with E-state index in [1.54, 1.807) is 32.9 Å². The molecular weight excluding hydrogens is 404 g/mol. The molecule has 0 saturated heterocycles. The van der Waals surface area contributed by atoms with Gasteiger partial charge in [-0.25, -0.2) is 27.2 Å². The molecule has 0 aliphatic carbocycles. The highest BCUT2D eigenvalue weighted by molar-refractivity contribution is 7.90. The lowest BCUT2D eigenvalue weighted by molar-refractivity contribution is 0.0635. The molecule has 9 heteroatoms. The number of anilines is 1. The van der Waals surface area contributed by atoms with E-state index in [1.165, 1.54) is 18.5 Å². The lowest BCUT2D eigenvalue weighted by atomic mass is 9.87. The van der Waals surface area contributed by atoms with E-state index in [1.807, 2.05) is 12.1 Å². The normalized spacial score (nSPS) is 12.7. The zero-order valence-corrected chi connectivity index (χ0v) is 18.7. The van der Waals surface area contributed by atoms with Crippen molar-refractivity contribution in [1.82, 2.24) is 13.9 Å². The number of rotatable bonds is 3. The topological polar surface area (TPSA) is 103 Å². The molecule has 0 saturated carbocycles. The smallest absolute Gasteiger partial charge is 0.413 e. The van der Waals surface area contributed by atoms with Crippen molar-refractivity contribution < 1.29 is 17.9 Å². The molecule has 0 bridgehead atoms. The standard InChI is InChI=1S/C21H26N4O4S/c1-20(2,3)14-7-9-15(10-8-14)30(27,28)25-12-11-16-18(25)22-13-17(23-16)24-19(26)29-21(4,5)6/h7-13H,1-6H3,(H,23,24,26). The SMILES string of the molecule is CC(C)(C)OC(=O)Nc1cnc2c(ccn2S(=O)(=O)c2ccc(C(C)(C)C)cc2)n1. The number of nitrogens with one attached hydrogen (secondary N) is 1. The van der Waals surface area contributed by atoms with Crippen LogP contribution in [0.1, 0.15) is 47.1 Å². The van der Waals surface area contributed by atoms with Crippen LogP contribution in [0.4, 0.5) is 10.6 Å². The lowest BCUT2D eigenvalue weighted by Gasteiger charge is -2.19. The van der Waals surface area contributed by atoms with Crippen molar-refractivity contribution in [2.45, 2.75) is 57.5 Å². The van der Waals surface area contributed by atoms with Crippen molar-refractivity contribution in [1.29, 1.82) is 0 Å². The Bertz CT molecular complexity index is 1180. The summed E-state index contributed by atoms with van der Waals surface area (Å²) in [5.41, 5.74) is 0.812. The molecule has 0 aliphatic heterocycles. The number of ether oxygens (including phenoxy) is 1. The number of fused-ring (bicyclic) bond motifs is 1. The summed E-state index contributed by atoms with van der Waals surface area (Å²) in [6.45, 7) is 11.4. The summed E-state index contributed by atoms with van der Waals surface area (Å²) in [6.07, 6.45) is 2.03. The van der Waals surface area contributed by atoms with E-state index in [-0.39, 0.29) is 21.8 Å². The summed E-state index contributed by atoms with van der Waals surface area (Å²) in [6, 6.07) is 8.34. The third kappa shape index (κ3) is 4.62. The van der Waals surface area contributed by atoms with Gasteiger partial charge in [0.2, 0.25) is 0 Å². The van der Waals surface area contributed by atoms with Gasteiger partial charge in [-0.3, -0.25) is 5.32 Å². The molecule has 30 heavy (non-hydrogen) atoms. The van der Waals surface area contributed by atoms with E-state index in [4.69, 9.17) is 4.74 Å². The number of amides is 1. The number of nitrogens with zero attached hydrogens (tertiary/aromatic N) is 3. The van der Waals surface area contributed by atoms with Gasteiger partial charge in [0, 0.05) is 6.20 Å². The van der Waals surface area contributed by atoms with E-state index >= 15 is 0 Å². The largest absolute Gasteiger partial charge is 0.444 e. The average Bonchev–Trinajstić information content (AvgIpc) is 3.03. The van der Waals surface area contributed by atoms with Crippen molar-refractivity contribution in [2.24, 2.45) is 0 Å². The molecule has 0 atom stereocenters. The van der Waals surface area contributed by atoms with E-state index < -0.39 is 21.7 Å². The fourth-order valence-corrected chi connectivity index (χ4v) is 4.09. The number of benzene rings is 1. The first-order valence-corrected chi connectivity index (χ1v) is 10.9. The molecule has 0 aliphatic rings. The molecular formula is C21H26N4O4S. The van der Waals surface area contributed by atoms with Crippen LogP contribution in [0.2, 0.25) is 0 Å². The molecule has 0 unspecified atom stereocenters. The summed E-state index contributed by atoms with van der Waals surface area (Å²) >= 11 is 0. The average molecular weight is 431 g/mol. The van der Waals surface area contributed by atoms with Crippen LogP contribution in [0.15, 0.2) is 47.6 Å². The molecule has 0 radical (unpaired) electrons. The molecule has 2 aromatic heterocycles. The van der Waals surface area contributed by atoms with Gasteiger partial charge in [0.25, 0.3) is 10.0 Å². The van der Waals surface area contributed by atoms with Gasteiger partial charge in [0.1, 0.15) is 11.1 Å². The second kappa shape index (κ2) is 7.39. The number of hydrogen-bond acceptors (Lipinski definition) is 6. The van der Waals surface area contributed by atoms with Gasteiger partial charge in [-0.05, 0) is 49.9 Å². The predicted octanol–water partition coefficient (Wildman–Crippen LogP) is 4.31. The third-order valence-electron chi connectivity index (χ3n) is 4.26.